The van der Waals surface area contributed by atoms with Crippen molar-refractivity contribution in [3.63, 3.8) is 0 Å². The number of benzene rings is 2. The summed E-state index contributed by atoms with van der Waals surface area (Å²) in [5.41, 5.74) is 2.27. The average Bonchev–Trinajstić information content (AvgIpc) is 2.45. The monoisotopic (exact) mass is 271 g/mol. The van der Waals surface area contributed by atoms with Crippen molar-refractivity contribution in [2.45, 2.75) is 13.5 Å². The number of amides is 1. The molecule has 2 N–H and O–H groups in total. The molecule has 2 aromatic rings. The van der Waals surface area contributed by atoms with Crippen LogP contribution < -0.4 is 10.1 Å². The topological polar surface area (TPSA) is 58.6 Å². The molecule has 2 aromatic carbocycles. The van der Waals surface area contributed by atoms with Gasteiger partial charge in [0.15, 0.2) is 0 Å². The third-order valence-electron chi connectivity index (χ3n) is 3.04. The van der Waals surface area contributed by atoms with E-state index in [0.29, 0.717) is 12.1 Å². The van der Waals surface area contributed by atoms with Gasteiger partial charge in [-0.05, 0) is 48.4 Å². The summed E-state index contributed by atoms with van der Waals surface area (Å²) in [5, 5.41) is 12.2. The fourth-order valence-corrected chi connectivity index (χ4v) is 1.96. The van der Waals surface area contributed by atoms with Crippen LogP contribution in [-0.4, -0.2) is 18.1 Å². The number of phenolic OH excluding ortho intramolecular Hbond substituents is 1. The van der Waals surface area contributed by atoms with E-state index >= 15 is 0 Å². The Kier molecular flexibility index (Phi) is 4.25. The molecular formula is C16H17NO3. The van der Waals surface area contributed by atoms with Crippen LogP contribution in [0.15, 0.2) is 42.5 Å². The molecule has 1 amide bonds. The molecular weight excluding hydrogens is 254 g/mol. The Morgan fingerprint density at radius 3 is 2.75 bits per heavy atom. The fraction of sp³-hybridized carbons (Fsp3) is 0.188. The zero-order chi connectivity index (χ0) is 14.5. The third-order valence-corrected chi connectivity index (χ3v) is 3.04. The Hall–Kier alpha value is -2.49. The van der Waals surface area contributed by atoms with Gasteiger partial charge < -0.3 is 15.2 Å². The van der Waals surface area contributed by atoms with Gasteiger partial charge in [-0.2, -0.15) is 0 Å². The normalized spacial score (nSPS) is 10.1. The first kappa shape index (κ1) is 13.9. The van der Waals surface area contributed by atoms with Gasteiger partial charge >= 0.3 is 0 Å². The second-order valence-corrected chi connectivity index (χ2v) is 4.53. The Morgan fingerprint density at radius 2 is 2.05 bits per heavy atom. The molecule has 0 unspecified atom stereocenters. The molecule has 0 spiro atoms. The van der Waals surface area contributed by atoms with Crippen molar-refractivity contribution in [3.05, 3.63) is 59.2 Å². The Labute approximate surface area is 118 Å². The van der Waals surface area contributed by atoms with Crippen LogP contribution in [0, 0.1) is 6.92 Å². The molecule has 0 aliphatic carbocycles. The summed E-state index contributed by atoms with van der Waals surface area (Å²) in [6.07, 6.45) is 0. The van der Waals surface area contributed by atoms with Gasteiger partial charge in [0.2, 0.25) is 0 Å². The molecule has 0 aromatic heterocycles. The minimum atomic E-state index is -0.162. The summed E-state index contributed by atoms with van der Waals surface area (Å²) >= 11 is 0. The molecule has 0 aliphatic heterocycles. The predicted molar refractivity (Wildman–Crippen MR) is 77.0 cm³/mol. The molecule has 2 rings (SSSR count). The lowest BCUT2D eigenvalue weighted by Gasteiger charge is -2.09. The van der Waals surface area contributed by atoms with E-state index in [1.54, 1.807) is 26.2 Å². The van der Waals surface area contributed by atoms with E-state index in [2.05, 4.69) is 5.32 Å². The Bertz CT molecular complexity index is 623. The second-order valence-electron chi connectivity index (χ2n) is 4.53. The summed E-state index contributed by atoms with van der Waals surface area (Å²) in [7, 11) is 1.61. The van der Waals surface area contributed by atoms with Crippen LogP contribution in [0.3, 0.4) is 0 Å². The average molecular weight is 271 g/mol. The van der Waals surface area contributed by atoms with Crippen molar-refractivity contribution < 1.29 is 14.6 Å². The third kappa shape index (κ3) is 3.29. The first-order valence-electron chi connectivity index (χ1n) is 6.31. The zero-order valence-corrected chi connectivity index (χ0v) is 11.5. The van der Waals surface area contributed by atoms with Gasteiger partial charge in [0, 0.05) is 12.1 Å². The number of carbonyl (C=O) groups excluding carboxylic acids is 1. The maximum atomic E-state index is 12.1. The maximum absolute atomic E-state index is 12.1. The minimum absolute atomic E-state index is 0.159. The number of rotatable bonds is 4. The molecule has 0 saturated carbocycles. The molecule has 104 valence electrons. The lowest BCUT2D eigenvalue weighted by molar-refractivity contribution is 0.0950. The van der Waals surface area contributed by atoms with E-state index in [1.807, 2.05) is 24.3 Å². The van der Waals surface area contributed by atoms with Gasteiger partial charge in [-0.1, -0.05) is 12.1 Å². The SMILES string of the molecule is COc1cccc(CNC(=O)c2ccc(O)cc2C)c1. The molecule has 0 radical (unpaired) electrons. The van der Waals surface area contributed by atoms with Crippen LogP contribution in [0.5, 0.6) is 11.5 Å². The highest BCUT2D eigenvalue weighted by Crippen LogP contribution is 2.16. The Morgan fingerprint density at radius 1 is 1.25 bits per heavy atom. The molecule has 20 heavy (non-hydrogen) atoms. The van der Waals surface area contributed by atoms with Gasteiger partial charge in [-0.25, -0.2) is 0 Å². The lowest BCUT2D eigenvalue weighted by Crippen LogP contribution is -2.23. The first-order chi connectivity index (χ1) is 9.60. The van der Waals surface area contributed by atoms with Gasteiger partial charge in [0.1, 0.15) is 11.5 Å². The summed E-state index contributed by atoms with van der Waals surface area (Å²) in [5.74, 6) is 0.759. The number of aromatic hydroxyl groups is 1. The number of nitrogens with one attached hydrogen (secondary N) is 1. The van der Waals surface area contributed by atoms with Crippen molar-refractivity contribution >= 4 is 5.91 Å². The number of aryl methyl sites for hydroxylation is 1. The van der Waals surface area contributed by atoms with E-state index in [1.165, 1.54) is 6.07 Å². The van der Waals surface area contributed by atoms with Crippen molar-refractivity contribution in [1.29, 1.82) is 0 Å². The largest absolute Gasteiger partial charge is 0.508 e. The smallest absolute Gasteiger partial charge is 0.251 e. The van der Waals surface area contributed by atoms with Gasteiger partial charge in [0.05, 0.1) is 7.11 Å². The van der Waals surface area contributed by atoms with E-state index in [9.17, 15) is 9.90 Å². The molecule has 4 heteroatoms. The van der Waals surface area contributed by atoms with E-state index < -0.39 is 0 Å². The summed E-state index contributed by atoms with van der Waals surface area (Å²) in [4.78, 5) is 12.1. The van der Waals surface area contributed by atoms with Gasteiger partial charge in [0.25, 0.3) is 5.91 Å². The second kappa shape index (κ2) is 6.10. The molecule has 0 aliphatic rings. The van der Waals surface area contributed by atoms with Gasteiger partial charge in [-0.15, -0.1) is 0 Å². The fourth-order valence-electron chi connectivity index (χ4n) is 1.96. The van der Waals surface area contributed by atoms with E-state index in [0.717, 1.165) is 16.9 Å². The first-order valence-corrected chi connectivity index (χ1v) is 6.31. The number of methoxy groups -OCH3 is 1. The van der Waals surface area contributed by atoms with Crippen LogP contribution in [0.25, 0.3) is 0 Å². The van der Waals surface area contributed by atoms with Crippen LogP contribution in [-0.2, 0) is 6.54 Å². The van der Waals surface area contributed by atoms with Gasteiger partial charge in [-0.3, -0.25) is 4.79 Å². The van der Waals surface area contributed by atoms with Crippen molar-refractivity contribution in [1.82, 2.24) is 5.32 Å². The van der Waals surface area contributed by atoms with Crippen LogP contribution in [0.1, 0.15) is 21.5 Å². The lowest BCUT2D eigenvalue weighted by atomic mass is 10.1. The van der Waals surface area contributed by atoms with Crippen LogP contribution in [0.2, 0.25) is 0 Å². The highest BCUT2D eigenvalue weighted by atomic mass is 16.5. The van der Waals surface area contributed by atoms with E-state index in [4.69, 9.17) is 4.74 Å². The van der Waals surface area contributed by atoms with Crippen LogP contribution in [0.4, 0.5) is 0 Å². The highest BCUT2D eigenvalue weighted by molar-refractivity contribution is 5.95. The maximum Gasteiger partial charge on any atom is 0.251 e. The molecule has 0 atom stereocenters. The summed E-state index contributed by atoms with van der Waals surface area (Å²) < 4.78 is 5.14. The van der Waals surface area contributed by atoms with E-state index in [-0.39, 0.29) is 11.7 Å². The molecule has 4 nitrogen and oxygen atoms in total. The summed E-state index contributed by atoms with van der Waals surface area (Å²) in [6, 6.07) is 12.2. The predicted octanol–water partition coefficient (Wildman–Crippen LogP) is 2.64. The quantitative estimate of drug-likeness (QED) is 0.898. The van der Waals surface area contributed by atoms with Crippen molar-refractivity contribution in [3.8, 4) is 11.5 Å². The number of phenols is 1. The minimum Gasteiger partial charge on any atom is -0.508 e. The zero-order valence-electron chi connectivity index (χ0n) is 11.5. The number of ether oxygens (including phenoxy) is 1. The molecule has 0 saturated heterocycles. The Balaban J connectivity index is 2.04. The highest BCUT2D eigenvalue weighted by Gasteiger charge is 2.09. The summed E-state index contributed by atoms with van der Waals surface area (Å²) in [6.45, 7) is 2.22. The van der Waals surface area contributed by atoms with Crippen molar-refractivity contribution in [2.75, 3.05) is 7.11 Å². The molecule has 0 fully saturated rings. The standard InChI is InChI=1S/C16H17NO3/c1-11-8-13(18)6-7-15(11)16(19)17-10-12-4-3-5-14(9-12)20-2/h3-9,18H,10H2,1-2H3,(H,17,19). The number of carbonyl (C=O) groups is 1. The van der Waals surface area contributed by atoms with Crippen LogP contribution >= 0.6 is 0 Å². The van der Waals surface area contributed by atoms with Crippen molar-refractivity contribution in [2.24, 2.45) is 0 Å². The molecule has 0 heterocycles. The number of hydrogen-bond acceptors (Lipinski definition) is 3. The number of hydrogen-bond donors (Lipinski definition) is 2. The molecule has 0 bridgehead atoms.